The maximum Gasteiger partial charge on any atom is 0.141 e. The summed E-state index contributed by atoms with van der Waals surface area (Å²) < 4.78 is 13.7. The Morgan fingerprint density at radius 2 is 1.61 bits per heavy atom. The van der Waals surface area contributed by atoms with Crippen LogP contribution in [0.2, 0.25) is 0 Å². The number of halogens is 1. The van der Waals surface area contributed by atoms with Crippen LogP contribution in [0.1, 0.15) is 88.7 Å². The quantitative estimate of drug-likeness (QED) is 0.446. The lowest BCUT2D eigenvalue weighted by molar-refractivity contribution is 0.144. The number of nitriles is 1. The summed E-state index contributed by atoms with van der Waals surface area (Å²) in [6.07, 6.45) is 20.7. The van der Waals surface area contributed by atoms with Crippen molar-refractivity contribution in [3.63, 3.8) is 0 Å². The van der Waals surface area contributed by atoms with E-state index in [0.717, 1.165) is 42.1 Å². The molecule has 0 spiro atoms. The Bertz CT molecular complexity index is 670. The SMILES string of the molecule is CCCC1CCC(C2CCC(CC=CCc3ccc(C#N)c(F)c3)CC2)CC1. The number of nitrogens with zero attached hydrogens (tertiary/aromatic N) is 1. The van der Waals surface area contributed by atoms with Gasteiger partial charge in [0.05, 0.1) is 5.56 Å². The number of allylic oxidation sites excluding steroid dienone is 2. The minimum absolute atomic E-state index is 0.128. The summed E-state index contributed by atoms with van der Waals surface area (Å²) >= 11 is 0. The van der Waals surface area contributed by atoms with Gasteiger partial charge in [0.1, 0.15) is 11.9 Å². The van der Waals surface area contributed by atoms with Crippen molar-refractivity contribution in [3.8, 4) is 6.07 Å². The van der Waals surface area contributed by atoms with Crippen molar-refractivity contribution in [2.24, 2.45) is 23.7 Å². The second-order valence-corrected chi connectivity index (χ2v) is 9.19. The number of hydrogen-bond donors (Lipinski definition) is 0. The van der Waals surface area contributed by atoms with Gasteiger partial charge in [-0.25, -0.2) is 4.39 Å². The van der Waals surface area contributed by atoms with Crippen LogP contribution in [0.5, 0.6) is 0 Å². The highest BCUT2D eigenvalue weighted by Crippen LogP contribution is 2.42. The van der Waals surface area contributed by atoms with Crippen molar-refractivity contribution in [1.29, 1.82) is 5.26 Å². The summed E-state index contributed by atoms with van der Waals surface area (Å²) in [4.78, 5) is 0. The molecule has 0 atom stereocenters. The molecule has 152 valence electrons. The van der Waals surface area contributed by atoms with Gasteiger partial charge in [-0.05, 0) is 92.7 Å². The second kappa shape index (κ2) is 10.8. The topological polar surface area (TPSA) is 23.8 Å². The molecular weight excluding hydrogens is 345 g/mol. The van der Waals surface area contributed by atoms with Crippen molar-refractivity contribution < 1.29 is 4.39 Å². The average molecular weight is 382 g/mol. The fourth-order valence-corrected chi connectivity index (χ4v) is 5.54. The third-order valence-corrected chi connectivity index (χ3v) is 7.29. The highest BCUT2D eigenvalue weighted by molar-refractivity contribution is 5.34. The van der Waals surface area contributed by atoms with Gasteiger partial charge in [0, 0.05) is 0 Å². The van der Waals surface area contributed by atoms with Crippen LogP contribution in [-0.4, -0.2) is 0 Å². The Balaban J connectivity index is 1.35. The van der Waals surface area contributed by atoms with Crippen LogP contribution in [0.4, 0.5) is 4.39 Å². The normalized spacial score (nSPS) is 28.3. The van der Waals surface area contributed by atoms with Crippen LogP contribution in [0.3, 0.4) is 0 Å². The van der Waals surface area contributed by atoms with Gasteiger partial charge in [0.15, 0.2) is 0 Å². The van der Waals surface area contributed by atoms with Gasteiger partial charge >= 0.3 is 0 Å². The van der Waals surface area contributed by atoms with Crippen LogP contribution in [-0.2, 0) is 6.42 Å². The van der Waals surface area contributed by atoms with E-state index in [0.29, 0.717) is 0 Å². The first-order valence-corrected chi connectivity index (χ1v) is 11.5. The third-order valence-electron chi connectivity index (χ3n) is 7.29. The molecule has 3 rings (SSSR count). The molecule has 0 N–H and O–H groups in total. The van der Waals surface area contributed by atoms with E-state index in [1.165, 1.54) is 70.3 Å². The van der Waals surface area contributed by atoms with Crippen LogP contribution < -0.4 is 0 Å². The maximum absolute atomic E-state index is 13.7. The first-order valence-electron chi connectivity index (χ1n) is 11.5. The molecule has 0 radical (unpaired) electrons. The number of rotatable bonds is 7. The monoisotopic (exact) mass is 381 g/mol. The van der Waals surface area contributed by atoms with Crippen molar-refractivity contribution in [3.05, 3.63) is 47.3 Å². The molecule has 0 aromatic heterocycles. The molecule has 0 aliphatic heterocycles. The third kappa shape index (κ3) is 5.94. The Morgan fingerprint density at radius 1 is 0.964 bits per heavy atom. The minimum Gasteiger partial charge on any atom is -0.206 e. The van der Waals surface area contributed by atoms with Crippen molar-refractivity contribution >= 4 is 0 Å². The lowest BCUT2D eigenvalue weighted by Crippen LogP contribution is -2.25. The standard InChI is InChI=1S/C26H36FN/c1-2-5-20-8-13-23(14-9-20)24-15-10-21(11-16-24)6-3-4-7-22-12-17-25(19-28)26(27)18-22/h3-4,12,17-18,20-21,23-24H,2,5-11,13-16H2,1H3. The van der Waals surface area contributed by atoms with E-state index in [2.05, 4.69) is 19.1 Å². The maximum atomic E-state index is 13.7. The van der Waals surface area contributed by atoms with E-state index in [-0.39, 0.29) is 5.56 Å². The van der Waals surface area contributed by atoms with E-state index < -0.39 is 5.82 Å². The fraction of sp³-hybridized carbons (Fsp3) is 0.654. The minimum atomic E-state index is -0.407. The van der Waals surface area contributed by atoms with Crippen LogP contribution >= 0.6 is 0 Å². The molecule has 0 bridgehead atoms. The van der Waals surface area contributed by atoms with Gasteiger partial charge < -0.3 is 0 Å². The molecule has 2 saturated carbocycles. The van der Waals surface area contributed by atoms with Crippen LogP contribution in [0.25, 0.3) is 0 Å². The van der Waals surface area contributed by atoms with Crippen molar-refractivity contribution in [2.75, 3.05) is 0 Å². The average Bonchev–Trinajstić information content (AvgIpc) is 2.73. The van der Waals surface area contributed by atoms with E-state index in [1.54, 1.807) is 6.07 Å². The molecule has 2 aliphatic rings. The highest BCUT2D eigenvalue weighted by Gasteiger charge is 2.30. The van der Waals surface area contributed by atoms with Gasteiger partial charge in [-0.1, -0.05) is 50.8 Å². The fourth-order valence-electron chi connectivity index (χ4n) is 5.54. The molecule has 0 heterocycles. The van der Waals surface area contributed by atoms with Crippen molar-refractivity contribution in [1.82, 2.24) is 0 Å². The van der Waals surface area contributed by atoms with E-state index >= 15 is 0 Å². The molecule has 0 unspecified atom stereocenters. The van der Waals surface area contributed by atoms with E-state index in [1.807, 2.05) is 12.1 Å². The van der Waals surface area contributed by atoms with Gasteiger partial charge in [-0.3, -0.25) is 0 Å². The molecule has 2 heteroatoms. The largest absolute Gasteiger partial charge is 0.206 e. The first kappa shape index (κ1) is 21.1. The molecule has 1 aromatic rings. The molecule has 1 nitrogen and oxygen atoms in total. The first-order chi connectivity index (χ1) is 13.7. The number of hydrogen-bond acceptors (Lipinski definition) is 1. The summed E-state index contributed by atoms with van der Waals surface area (Å²) in [5.41, 5.74) is 1.07. The lowest BCUT2D eigenvalue weighted by atomic mass is 9.68. The zero-order chi connectivity index (χ0) is 19.8. The van der Waals surface area contributed by atoms with E-state index in [4.69, 9.17) is 5.26 Å². The Kier molecular flexibility index (Phi) is 8.13. The molecule has 2 aliphatic carbocycles. The van der Waals surface area contributed by atoms with Gasteiger partial charge in [0.2, 0.25) is 0 Å². The molecule has 2 fully saturated rings. The Morgan fingerprint density at radius 3 is 2.18 bits per heavy atom. The van der Waals surface area contributed by atoms with Gasteiger partial charge in [-0.2, -0.15) is 5.26 Å². The van der Waals surface area contributed by atoms with E-state index in [9.17, 15) is 4.39 Å². The summed E-state index contributed by atoms with van der Waals surface area (Å²) in [6, 6.07) is 6.80. The predicted octanol–water partition coefficient (Wildman–Crippen LogP) is 7.60. The molecule has 28 heavy (non-hydrogen) atoms. The molecule has 1 aromatic carbocycles. The van der Waals surface area contributed by atoms with Gasteiger partial charge in [0.25, 0.3) is 0 Å². The van der Waals surface area contributed by atoms with Crippen molar-refractivity contribution in [2.45, 2.75) is 84.0 Å². The zero-order valence-corrected chi connectivity index (χ0v) is 17.5. The highest BCUT2D eigenvalue weighted by atomic mass is 19.1. The van der Waals surface area contributed by atoms with Gasteiger partial charge in [-0.15, -0.1) is 0 Å². The van der Waals surface area contributed by atoms with Crippen LogP contribution in [0, 0.1) is 40.8 Å². The zero-order valence-electron chi connectivity index (χ0n) is 17.5. The smallest absolute Gasteiger partial charge is 0.141 e. The summed E-state index contributed by atoms with van der Waals surface area (Å²) in [7, 11) is 0. The number of benzene rings is 1. The molecule has 0 saturated heterocycles. The summed E-state index contributed by atoms with van der Waals surface area (Å²) in [5.74, 6) is 3.45. The van der Waals surface area contributed by atoms with Crippen LogP contribution in [0.15, 0.2) is 30.4 Å². The lowest BCUT2D eigenvalue weighted by Gasteiger charge is -2.37. The molecule has 0 amide bonds. The predicted molar refractivity (Wildman–Crippen MR) is 114 cm³/mol. The second-order valence-electron chi connectivity index (χ2n) is 9.19. The summed E-state index contributed by atoms with van der Waals surface area (Å²) in [5, 5.41) is 8.80. The Hall–Kier alpha value is -1.62. The Labute approximate surface area is 171 Å². The summed E-state index contributed by atoms with van der Waals surface area (Å²) in [6.45, 7) is 2.32. The molecular formula is C26H36FN.